The first kappa shape index (κ1) is 18.5. The van der Waals surface area contributed by atoms with Crippen molar-refractivity contribution < 1.29 is 19.4 Å². The molecule has 3 aromatic rings. The topological polar surface area (TPSA) is 99.8 Å². The third-order valence-electron chi connectivity index (χ3n) is 4.95. The minimum absolute atomic E-state index is 0.00638. The summed E-state index contributed by atoms with van der Waals surface area (Å²) in [6.07, 6.45) is 1.73. The summed E-state index contributed by atoms with van der Waals surface area (Å²) in [4.78, 5) is 37.7. The van der Waals surface area contributed by atoms with Gasteiger partial charge in [-0.15, -0.1) is 0 Å². The summed E-state index contributed by atoms with van der Waals surface area (Å²) in [6.45, 7) is 0.00638. The Balaban J connectivity index is 1.96. The Labute approximate surface area is 164 Å². The van der Waals surface area contributed by atoms with E-state index in [1.54, 1.807) is 7.05 Å². The number of carbonyl (C=O) groups is 1. The predicted molar refractivity (Wildman–Crippen MR) is 105 cm³/mol. The minimum atomic E-state index is -1.15. The van der Waals surface area contributed by atoms with Crippen LogP contribution in [0.15, 0.2) is 70.1 Å². The molecule has 1 aromatic heterocycles. The molecule has 0 bridgehead atoms. The average molecular weight is 394 g/mol. The van der Waals surface area contributed by atoms with Gasteiger partial charge in [0.2, 0.25) is 6.79 Å². The van der Waals surface area contributed by atoms with Crippen molar-refractivity contribution in [2.24, 2.45) is 7.05 Å². The van der Waals surface area contributed by atoms with E-state index in [1.165, 1.54) is 29.0 Å². The van der Waals surface area contributed by atoms with Gasteiger partial charge >= 0.3 is 11.7 Å². The number of benzene rings is 2. The van der Waals surface area contributed by atoms with Gasteiger partial charge in [-0.1, -0.05) is 30.3 Å². The second-order valence-corrected chi connectivity index (χ2v) is 6.71. The summed E-state index contributed by atoms with van der Waals surface area (Å²) in [5, 5.41) is 9.43. The lowest BCUT2D eigenvalue weighted by atomic mass is 10.0. The number of fused-ring (bicyclic) bond motifs is 1. The van der Waals surface area contributed by atoms with Crippen LogP contribution in [0.4, 0.5) is 0 Å². The van der Waals surface area contributed by atoms with Gasteiger partial charge in [-0.3, -0.25) is 9.36 Å². The quantitative estimate of drug-likeness (QED) is 0.711. The van der Waals surface area contributed by atoms with E-state index < -0.39 is 23.3 Å². The molecule has 2 aromatic carbocycles. The third kappa shape index (κ3) is 3.29. The lowest BCUT2D eigenvalue weighted by molar-refractivity contribution is 0.0694. The van der Waals surface area contributed by atoms with Gasteiger partial charge < -0.3 is 14.6 Å². The van der Waals surface area contributed by atoms with Gasteiger partial charge in [-0.25, -0.2) is 14.2 Å². The molecule has 4 rings (SSSR count). The largest absolute Gasteiger partial charge is 0.478 e. The fourth-order valence-corrected chi connectivity index (χ4v) is 3.47. The first-order valence-electron chi connectivity index (χ1n) is 8.94. The molecule has 1 aliphatic heterocycles. The molecule has 0 spiro atoms. The molecule has 1 atom stereocenters. The molecule has 0 saturated carbocycles. The smallest absolute Gasteiger partial charge is 0.335 e. The van der Waals surface area contributed by atoms with E-state index in [0.717, 1.165) is 10.1 Å². The Kier molecular flexibility index (Phi) is 4.67. The number of hydrogen-bond acceptors (Lipinski definition) is 5. The van der Waals surface area contributed by atoms with Gasteiger partial charge in [-0.05, 0) is 23.8 Å². The molecule has 148 valence electrons. The standard InChI is InChI=1S/C21H18N2O6/c1-22-16-8-7-14(20(25)26)10-15(16)19(24)23(21(22)27)17(18-11-28-12-29-18)9-13-5-3-2-4-6-13/h2-8,10-11,17H,9,12H2,1H3,(H,25,26). The minimum Gasteiger partial charge on any atom is -0.478 e. The van der Waals surface area contributed by atoms with Crippen molar-refractivity contribution in [3.8, 4) is 0 Å². The van der Waals surface area contributed by atoms with Crippen LogP contribution in [-0.4, -0.2) is 27.0 Å². The summed E-state index contributed by atoms with van der Waals surface area (Å²) < 4.78 is 13.1. The number of aromatic nitrogens is 2. The van der Waals surface area contributed by atoms with Crippen molar-refractivity contribution in [3.05, 3.63) is 92.5 Å². The fraction of sp³-hybridized carbons (Fsp3) is 0.190. The van der Waals surface area contributed by atoms with Crippen LogP contribution >= 0.6 is 0 Å². The number of ether oxygens (including phenoxy) is 2. The van der Waals surface area contributed by atoms with Crippen LogP contribution in [-0.2, 0) is 22.9 Å². The molecular formula is C21H18N2O6. The highest BCUT2D eigenvalue weighted by atomic mass is 16.7. The molecule has 1 N–H and O–H groups in total. The Bertz CT molecular complexity index is 1240. The van der Waals surface area contributed by atoms with Crippen molar-refractivity contribution in [1.29, 1.82) is 0 Å². The maximum absolute atomic E-state index is 13.3. The van der Waals surface area contributed by atoms with Gasteiger partial charge in [-0.2, -0.15) is 0 Å². The summed E-state index contributed by atoms with van der Waals surface area (Å²) in [5.41, 5.74) is 0.130. The van der Waals surface area contributed by atoms with Gasteiger partial charge in [0, 0.05) is 13.5 Å². The predicted octanol–water partition coefficient (Wildman–Crippen LogP) is 2.03. The summed E-state index contributed by atoms with van der Waals surface area (Å²) in [5.74, 6) is -0.787. The van der Waals surface area contributed by atoms with Crippen LogP contribution in [0, 0.1) is 0 Å². The van der Waals surface area contributed by atoms with Crippen molar-refractivity contribution in [2.45, 2.75) is 12.5 Å². The first-order valence-corrected chi connectivity index (χ1v) is 8.94. The van der Waals surface area contributed by atoms with Gasteiger partial charge in [0.25, 0.3) is 5.56 Å². The lowest BCUT2D eigenvalue weighted by Gasteiger charge is -2.21. The fourth-order valence-electron chi connectivity index (χ4n) is 3.47. The highest BCUT2D eigenvalue weighted by molar-refractivity contribution is 5.93. The Hall–Kier alpha value is -3.81. The lowest BCUT2D eigenvalue weighted by Crippen LogP contribution is -2.42. The molecule has 0 fully saturated rings. The summed E-state index contributed by atoms with van der Waals surface area (Å²) in [7, 11) is 1.54. The number of aryl methyl sites for hydroxylation is 1. The van der Waals surface area contributed by atoms with Crippen molar-refractivity contribution in [3.63, 3.8) is 0 Å². The molecule has 8 heteroatoms. The van der Waals surface area contributed by atoms with E-state index in [1.807, 2.05) is 30.3 Å². The molecule has 0 saturated heterocycles. The van der Waals surface area contributed by atoms with E-state index in [2.05, 4.69) is 0 Å². The first-order chi connectivity index (χ1) is 14.0. The number of allylic oxidation sites excluding steroid dienone is 1. The number of carboxylic acids is 1. The molecule has 8 nitrogen and oxygen atoms in total. The van der Waals surface area contributed by atoms with Crippen LogP contribution in [0.3, 0.4) is 0 Å². The summed E-state index contributed by atoms with van der Waals surface area (Å²) >= 11 is 0. The maximum atomic E-state index is 13.3. The number of carboxylic acid groups (broad SMARTS) is 1. The molecule has 0 amide bonds. The Morgan fingerprint density at radius 3 is 2.59 bits per heavy atom. The van der Waals surface area contributed by atoms with Crippen molar-refractivity contribution in [1.82, 2.24) is 9.13 Å². The van der Waals surface area contributed by atoms with E-state index >= 15 is 0 Å². The van der Waals surface area contributed by atoms with Crippen molar-refractivity contribution in [2.75, 3.05) is 6.79 Å². The van der Waals surface area contributed by atoms with Crippen molar-refractivity contribution >= 4 is 16.9 Å². The average Bonchev–Trinajstić information content (AvgIpc) is 3.26. The number of rotatable bonds is 5. The zero-order valence-electron chi connectivity index (χ0n) is 15.6. The van der Waals surface area contributed by atoms with E-state index in [-0.39, 0.29) is 17.7 Å². The maximum Gasteiger partial charge on any atom is 0.335 e. The van der Waals surface area contributed by atoms with Crippen LogP contribution in [0.5, 0.6) is 0 Å². The molecule has 1 aliphatic rings. The molecule has 29 heavy (non-hydrogen) atoms. The van der Waals surface area contributed by atoms with E-state index in [9.17, 15) is 19.5 Å². The number of nitrogens with zero attached hydrogens (tertiary/aromatic N) is 2. The van der Waals surface area contributed by atoms with Crippen LogP contribution in [0.2, 0.25) is 0 Å². The molecular weight excluding hydrogens is 376 g/mol. The van der Waals surface area contributed by atoms with Crippen LogP contribution in [0.25, 0.3) is 10.9 Å². The molecule has 2 heterocycles. The zero-order valence-corrected chi connectivity index (χ0v) is 15.6. The third-order valence-corrected chi connectivity index (χ3v) is 4.95. The normalized spacial score (nSPS) is 14.2. The number of aromatic carboxylic acids is 1. The summed E-state index contributed by atoms with van der Waals surface area (Å²) in [6, 6.07) is 12.8. The van der Waals surface area contributed by atoms with Crippen LogP contribution < -0.4 is 11.2 Å². The number of hydrogen-bond donors (Lipinski definition) is 1. The molecule has 0 aliphatic carbocycles. The zero-order chi connectivity index (χ0) is 20.5. The monoisotopic (exact) mass is 394 g/mol. The van der Waals surface area contributed by atoms with Crippen LogP contribution in [0.1, 0.15) is 22.0 Å². The molecule has 1 unspecified atom stereocenters. The highest BCUT2D eigenvalue weighted by Crippen LogP contribution is 2.25. The highest BCUT2D eigenvalue weighted by Gasteiger charge is 2.27. The SMILES string of the molecule is Cn1c(=O)n(C(Cc2ccccc2)C2=COCO2)c(=O)c2cc(C(=O)O)ccc21. The van der Waals surface area contributed by atoms with Gasteiger partial charge in [0.05, 0.1) is 16.5 Å². The molecule has 0 radical (unpaired) electrons. The second-order valence-electron chi connectivity index (χ2n) is 6.71. The second kappa shape index (κ2) is 7.31. The van der Waals surface area contributed by atoms with E-state index in [4.69, 9.17) is 9.47 Å². The van der Waals surface area contributed by atoms with E-state index in [0.29, 0.717) is 17.7 Å². The Morgan fingerprint density at radius 1 is 1.17 bits per heavy atom. The van der Waals surface area contributed by atoms with Gasteiger partial charge in [0.15, 0.2) is 5.76 Å². The Morgan fingerprint density at radius 2 is 1.93 bits per heavy atom. The van der Waals surface area contributed by atoms with Gasteiger partial charge in [0.1, 0.15) is 12.3 Å².